The SMILES string of the molecule is O=C(CN1C(=O)COc2ccccc21)N1CCCN(C(=O)Nc2ccc(Cl)cc2)CC1. The van der Waals surface area contributed by atoms with Gasteiger partial charge in [0.25, 0.3) is 5.91 Å². The van der Waals surface area contributed by atoms with Gasteiger partial charge in [-0.2, -0.15) is 0 Å². The van der Waals surface area contributed by atoms with Crippen LogP contribution >= 0.6 is 11.6 Å². The Bertz CT molecular complexity index is 982. The molecule has 8 nitrogen and oxygen atoms in total. The zero-order valence-electron chi connectivity index (χ0n) is 16.9. The number of carbonyl (C=O) groups excluding carboxylic acids is 3. The average molecular weight is 443 g/mol. The fraction of sp³-hybridized carbons (Fsp3) is 0.318. The number of carbonyl (C=O) groups is 3. The first-order valence-electron chi connectivity index (χ1n) is 10.1. The van der Waals surface area contributed by atoms with E-state index in [4.69, 9.17) is 16.3 Å². The molecule has 0 bridgehead atoms. The minimum atomic E-state index is -0.245. The van der Waals surface area contributed by atoms with Gasteiger partial charge in [0.15, 0.2) is 6.61 Å². The average Bonchev–Trinajstić information content (AvgIpc) is 3.04. The molecule has 0 saturated carbocycles. The Labute approximate surface area is 185 Å². The highest BCUT2D eigenvalue weighted by Crippen LogP contribution is 2.31. The summed E-state index contributed by atoms with van der Waals surface area (Å²) in [5.74, 6) is 0.201. The summed E-state index contributed by atoms with van der Waals surface area (Å²) >= 11 is 5.88. The first-order chi connectivity index (χ1) is 15.0. The number of halogens is 1. The third-order valence-corrected chi connectivity index (χ3v) is 5.58. The second-order valence-corrected chi connectivity index (χ2v) is 7.83. The van der Waals surface area contributed by atoms with Crippen molar-refractivity contribution in [1.82, 2.24) is 9.80 Å². The van der Waals surface area contributed by atoms with Crippen LogP contribution in [0.15, 0.2) is 48.5 Å². The van der Waals surface area contributed by atoms with Crippen molar-refractivity contribution in [1.29, 1.82) is 0 Å². The highest BCUT2D eigenvalue weighted by Gasteiger charge is 2.29. The lowest BCUT2D eigenvalue weighted by Crippen LogP contribution is -2.47. The number of nitrogens with zero attached hydrogens (tertiary/aromatic N) is 3. The summed E-state index contributed by atoms with van der Waals surface area (Å²) in [4.78, 5) is 42.7. The van der Waals surface area contributed by atoms with Crippen molar-refractivity contribution in [2.45, 2.75) is 6.42 Å². The maximum atomic E-state index is 12.9. The van der Waals surface area contributed by atoms with Gasteiger partial charge in [-0.05, 0) is 42.8 Å². The van der Waals surface area contributed by atoms with Gasteiger partial charge in [-0.15, -0.1) is 0 Å². The van der Waals surface area contributed by atoms with Gasteiger partial charge in [0.05, 0.1) is 5.69 Å². The van der Waals surface area contributed by atoms with Crippen LogP contribution in [-0.2, 0) is 9.59 Å². The Balaban J connectivity index is 1.35. The summed E-state index contributed by atoms with van der Waals surface area (Å²) < 4.78 is 5.43. The quantitative estimate of drug-likeness (QED) is 0.792. The summed E-state index contributed by atoms with van der Waals surface area (Å²) in [6.45, 7) is 1.78. The van der Waals surface area contributed by atoms with Crippen LogP contribution in [0.3, 0.4) is 0 Å². The number of urea groups is 1. The highest BCUT2D eigenvalue weighted by atomic mass is 35.5. The Hall–Kier alpha value is -3.26. The fourth-order valence-electron chi connectivity index (χ4n) is 3.67. The molecule has 0 spiro atoms. The zero-order valence-corrected chi connectivity index (χ0v) is 17.7. The largest absolute Gasteiger partial charge is 0.482 e. The molecule has 0 unspecified atom stereocenters. The summed E-state index contributed by atoms with van der Waals surface area (Å²) in [5, 5.41) is 3.45. The summed E-state index contributed by atoms with van der Waals surface area (Å²) in [6.07, 6.45) is 0.660. The number of rotatable bonds is 3. The normalized spacial score (nSPS) is 16.3. The van der Waals surface area contributed by atoms with Crippen LogP contribution < -0.4 is 15.0 Å². The molecule has 0 aromatic heterocycles. The van der Waals surface area contributed by atoms with Gasteiger partial charge in [0.2, 0.25) is 5.91 Å². The van der Waals surface area contributed by atoms with E-state index in [1.54, 1.807) is 52.3 Å². The molecule has 0 aliphatic carbocycles. The van der Waals surface area contributed by atoms with Crippen molar-refractivity contribution in [2.75, 3.05) is 49.5 Å². The van der Waals surface area contributed by atoms with E-state index in [9.17, 15) is 14.4 Å². The van der Waals surface area contributed by atoms with Crippen LogP contribution in [0.1, 0.15) is 6.42 Å². The molecule has 2 aliphatic rings. The van der Waals surface area contributed by atoms with Gasteiger partial charge in [-0.25, -0.2) is 4.79 Å². The second kappa shape index (κ2) is 9.26. The van der Waals surface area contributed by atoms with E-state index in [0.29, 0.717) is 54.7 Å². The van der Waals surface area contributed by atoms with Gasteiger partial charge in [-0.3, -0.25) is 14.5 Å². The Morgan fingerprint density at radius 2 is 1.68 bits per heavy atom. The monoisotopic (exact) mass is 442 g/mol. The molecule has 1 N–H and O–H groups in total. The van der Waals surface area contributed by atoms with Crippen LogP contribution in [-0.4, -0.2) is 67.0 Å². The van der Waals surface area contributed by atoms with E-state index < -0.39 is 0 Å². The van der Waals surface area contributed by atoms with E-state index in [1.165, 1.54) is 4.90 Å². The summed E-state index contributed by atoms with van der Waals surface area (Å²) in [6, 6.07) is 13.9. The Morgan fingerprint density at radius 1 is 0.968 bits per heavy atom. The standard InChI is InChI=1S/C22H23ClN4O4/c23-16-6-8-17(9-7-16)24-22(30)26-11-3-10-25(12-13-26)20(28)14-27-18-4-1-2-5-19(18)31-15-21(27)29/h1-2,4-9H,3,10-15H2,(H,24,30). The maximum Gasteiger partial charge on any atom is 0.321 e. The Kier molecular flexibility index (Phi) is 6.27. The van der Waals surface area contributed by atoms with Crippen molar-refractivity contribution in [3.05, 3.63) is 53.6 Å². The zero-order chi connectivity index (χ0) is 21.8. The molecule has 0 atom stereocenters. The molecule has 2 aliphatic heterocycles. The number of hydrogen-bond donors (Lipinski definition) is 1. The van der Waals surface area contributed by atoms with Crippen molar-refractivity contribution in [2.24, 2.45) is 0 Å². The molecule has 31 heavy (non-hydrogen) atoms. The van der Waals surface area contributed by atoms with Crippen LogP contribution in [0.4, 0.5) is 16.2 Å². The smallest absolute Gasteiger partial charge is 0.321 e. The third-order valence-electron chi connectivity index (χ3n) is 5.33. The first-order valence-corrected chi connectivity index (χ1v) is 10.5. The molecule has 1 fully saturated rings. The number of anilines is 2. The Morgan fingerprint density at radius 3 is 2.48 bits per heavy atom. The maximum absolute atomic E-state index is 12.9. The number of benzene rings is 2. The van der Waals surface area contributed by atoms with Crippen LogP contribution in [0, 0.1) is 0 Å². The predicted molar refractivity (Wildman–Crippen MR) is 118 cm³/mol. The van der Waals surface area contributed by atoms with E-state index in [2.05, 4.69) is 5.32 Å². The van der Waals surface area contributed by atoms with Gasteiger partial charge in [-0.1, -0.05) is 23.7 Å². The summed E-state index contributed by atoms with van der Waals surface area (Å²) in [5.41, 5.74) is 1.27. The molecular weight excluding hydrogens is 420 g/mol. The van der Waals surface area contributed by atoms with Crippen molar-refractivity contribution >= 4 is 40.8 Å². The van der Waals surface area contributed by atoms with Crippen LogP contribution in [0.5, 0.6) is 5.75 Å². The molecule has 162 valence electrons. The molecule has 1 saturated heterocycles. The predicted octanol–water partition coefficient (Wildman–Crippen LogP) is 2.83. The van der Waals surface area contributed by atoms with E-state index >= 15 is 0 Å². The van der Waals surface area contributed by atoms with Gasteiger partial charge >= 0.3 is 6.03 Å². The van der Waals surface area contributed by atoms with E-state index in [1.807, 2.05) is 6.07 Å². The molecule has 2 heterocycles. The molecule has 4 rings (SSSR count). The van der Waals surface area contributed by atoms with Crippen molar-refractivity contribution < 1.29 is 19.1 Å². The number of ether oxygens (including phenoxy) is 1. The van der Waals surface area contributed by atoms with Gasteiger partial charge < -0.3 is 19.9 Å². The first kappa shape index (κ1) is 21.0. The minimum Gasteiger partial charge on any atom is -0.482 e. The molecule has 9 heteroatoms. The van der Waals surface area contributed by atoms with E-state index in [0.717, 1.165) is 0 Å². The number of amides is 4. The van der Waals surface area contributed by atoms with Gasteiger partial charge in [0, 0.05) is 36.9 Å². The van der Waals surface area contributed by atoms with Crippen molar-refractivity contribution in [3.8, 4) is 5.75 Å². The number of nitrogens with one attached hydrogen (secondary N) is 1. The lowest BCUT2D eigenvalue weighted by Gasteiger charge is -2.31. The highest BCUT2D eigenvalue weighted by molar-refractivity contribution is 6.30. The molecule has 0 radical (unpaired) electrons. The van der Waals surface area contributed by atoms with Crippen LogP contribution in [0.25, 0.3) is 0 Å². The molecule has 4 amide bonds. The number of para-hydroxylation sites is 2. The third kappa shape index (κ3) is 4.91. The minimum absolute atomic E-state index is 0.0455. The second-order valence-electron chi connectivity index (χ2n) is 7.39. The lowest BCUT2D eigenvalue weighted by atomic mass is 10.2. The fourth-order valence-corrected chi connectivity index (χ4v) is 3.79. The molecule has 2 aromatic rings. The van der Waals surface area contributed by atoms with Crippen LogP contribution in [0.2, 0.25) is 5.02 Å². The van der Waals surface area contributed by atoms with E-state index in [-0.39, 0.29) is 31.0 Å². The molecule has 2 aromatic carbocycles. The number of fused-ring (bicyclic) bond motifs is 1. The topological polar surface area (TPSA) is 82.2 Å². The van der Waals surface area contributed by atoms with Crippen molar-refractivity contribution in [3.63, 3.8) is 0 Å². The van der Waals surface area contributed by atoms with Gasteiger partial charge in [0.1, 0.15) is 12.3 Å². The molecular formula is C22H23ClN4O4. The summed E-state index contributed by atoms with van der Waals surface area (Å²) in [7, 11) is 0. The lowest BCUT2D eigenvalue weighted by molar-refractivity contribution is -0.131. The number of hydrogen-bond acceptors (Lipinski definition) is 4.